The summed E-state index contributed by atoms with van der Waals surface area (Å²) in [6, 6.07) is 0. The summed E-state index contributed by atoms with van der Waals surface area (Å²) in [7, 11) is 0. The molecule has 0 spiro atoms. The number of aromatic amines is 1. The lowest BCUT2D eigenvalue weighted by atomic mass is 10.1. The monoisotopic (exact) mass is 662 g/mol. The van der Waals surface area contributed by atoms with Gasteiger partial charge >= 0.3 is 6.72 Å². The Morgan fingerprint density at radius 1 is 1.14 bits per heavy atom. The SMILES string of the molecule is Nc1nc2c(ncn2[C@@H]2S[C@H](CCO)[C@H](F)[C@H]2OP(O)(=S)OC[C@H]2O[C@@H](n3cnc4c(N)ncnc43)[C@@H](F)[C@@H]2O)c(=O)[nH]1. The molecule has 232 valence electrons. The molecule has 0 saturated carbocycles. The van der Waals surface area contributed by atoms with E-state index >= 15 is 8.78 Å². The van der Waals surface area contributed by atoms with Crippen molar-refractivity contribution in [3.63, 3.8) is 0 Å². The molecule has 4 aromatic heterocycles. The van der Waals surface area contributed by atoms with Gasteiger partial charge in [-0.3, -0.25) is 23.4 Å². The number of nitrogen functional groups attached to an aromatic ring is 2. The van der Waals surface area contributed by atoms with Gasteiger partial charge in [0.05, 0.1) is 19.3 Å². The first-order valence-corrected chi connectivity index (χ1v) is 16.2. The van der Waals surface area contributed by atoms with Crippen molar-refractivity contribution in [1.29, 1.82) is 0 Å². The molecular formula is C21H25F2N10O7PS2. The Kier molecular flexibility index (Phi) is 8.11. The van der Waals surface area contributed by atoms with Gasteiger partial charge in [-0.1, -0.05) is 0 Å². The van der Waals surface area contributed by atoms with Crippen molar-refractivity contribution in [3.8, 4) is 0 Å². The number of nitrogens with two attached hydrogens (primary N) is 2. The largest absolute Gasteiger partial charge is 0.396 e. The molecule has 2 saturated heterocycles. The van der Waals surface area contributed by atoms with Gasteiger partial charge in [0.15, 0.2) is 35.0 Å². The van der Waals surface area contributed by atoms with E-state index in [1.54, 1.807) is 0 Å². The maximum atomic E-state index is 15.6. The zero-order valence-corrected chi connectivity index (χ0v) is 24.3. The number of nitrogens with one attached hydrogen (secondary N) is 1. The highest BCUT2D eigenvalue weighted by molar-refractivity contribution is 8.07. The van der Waals surface area contributed by atoms with Crippen molar-refractivity contribution in [2.45, 2.75) is 53.9 Å². The lowest BCUT2D eigenvalue weighted by Gasteiger charge is -2.27. The van der Waals surface area contributed by atoms with E-state index in [1.807, 2.05) is 0 Å². The molecule has 2 aliphatic rings. The first-order chi connectivity index (χ1) is 20.5. The van der Waals surface area contributed by atoms with E-state index in [2.05, 4.69) is 29.9 Å². The summed E-state index contributed by atoms with van der Waals surface area (Å²) in [4.78, 5) is 45.6. The Hall–Kier alpha value is -2.88. The minimum absolute atomic E-state index is 0.0397. The molecule has 2 fully saturated rings. The van der Waals surface area contributed by atoms with Gasteiger partial charge in [-0.15, -0.1) is 11.8 Å². The number of aliphatic hydroxyl groups excluding tert-OH is 2. The minimum atomic E-state index is -4.27. The average molecular weight is 663 g/mol. The molecule has 0 aromatic carbocycles. The molecule has 22 heteroatoms. The fourth-order valence-corrected chi connectivity index (χ4v) is 8.04. The Morgan fingerprint density at radius 3 is 2.65 bits per heavy atom. The van der Waals surface area contributed by atoms with Crippen LogP contribution in [0.15, 0.2) is 23.8 Å². The van der Waals surface area contributed by atoms with Gasteiger partial charge < -0.3 is 35.8 Å². The zero-order chi connectivity index (χ0) is 30.6. The normalized spacial score (nSPS) is 30.8. The third kappa shape index (κ3) is 5.49. The van der Waals surface area contributed by atoms with Gasteiger partial charge in [0.1, 0.15) is 41.7 Å². The second kappa shape index (κ2) is 11.6. The first-order valence-electron chi connectivity index (χ1n) is 12.7. The van der Waals surface area contributed by atoms with Crippen LogP contribution in [0.3, 0.4) is 0 Å². The van der Waals surface area contributed by atoms with Gasteiger partial charge in [0, 0.05) is 11.9 Å². The maximum Gasteiger partial charge on any atom is 0.325 e. The number of aromatic nitrogens is 8. The third-order valence-corrected chi connectivity index (χ3v) is 10.2. The average Bonchev–Trinajstić information content (AvgIpc) is 3.71. The summed E-state index contributed by atoms with van der Waals surface area (Å²) >= 11 is 6.20. The van der Waals surface area contributed by atoms with E-state index in [0.29, 0.717) is 0 Å². The van der Waals surface area contributed by atoms with E-state index in [9.17, 15) is 19.9 Å². The molecule has 17 nitrogen and oxygen atoms in total. The molecule has 6 rings (SSSR count). The first kappa shape index (κ1) is 30.2. The van der Waals surface area contributed by atoms with E-state index in [4.69, 9.17) is 37.1 Å². The number of aliphatic hydroxyl groups is 2. The molecule has 8 N–H and O–H groups in total. The highest BCUT2D eigenvalue weighted by Gasteiger charge is 2.50. The van der Waals surface area contributed by atoms with E-state index < -0.39 is 66.4 Å². The van der Waals surface area contributed by atoms with Crippen LogP contribution < -0.4 is 17.0 Å². The van der Waals surface area contributed by atoms with Gasteiger partial charge in [0.25, 0.3) is 5.56 Å². The van der Waals surface area contributed by atoms with E-state index in [-0.39, 0.29) is 47.1 Å². The van der Waals surface area contributed by atoms with Crippen molar-refractivity contribution >= 4 is 64.4 Å². The molecule has 2 aliphatic heterocycles. The van der Waals surface area contributed by atoms with E-state index in [0.717, 1.165) is 11.8 Å². The fraction of sp³-hybridized carbons (Fsp3) is 0.524. The van der Waals surface area contributed by atoms with Crippen LogP contribution in [0.1, 0.15) is 18.0 Å². The molecule has 6 heterocycles. The summed E-state index contributed by atoms with van der Waals surface area (Å²) in [5.41, 5.74) is 11.2. The van der Waals surface area contributed by atoms with Gasteiger partial charge in [0.2, 0.25) is 5.95 Å². The van der Waals surface area contributed by atoms with Crippen LogP contribution >= 0.6 is 18.5 Å². The van der Waals surface area contributed by atoms with Crippen LogP contribution in [-0.2, 0) is 25.6 Å². The van der Waals surface area contributed by atoms with Gasteiger partial charge in [-0.2, -0.15) is 4.98 Å². The summed E-state index contributed by atoms with van der Waals surface area (Å²) in [6.07, 6.45) is -5.86. The van der Waals surface area contributed by atoms with Crippen LogP contribution in [0.4, 0.5) is 20.5 Å². The topological polar surface area (TPSA) is 248 Å². The summed E-state index contributed by atoms with van der Waals surface area (Å²) in [6.45, 7) is -5.21. The number of halogens is 2. The molecule has 0 bridgehead atoms. The third-order valence-electron chi connectivity index (χ3n) is 7.01. The number of rotatable bonds is 9. The fourth-order valence-electron chi connectivity index (χ4n) is 4.99. The van der Waals surface area contributed by atoms with Crippen molar-refractivity contribution < 1.29 is 37.7 Å². The number of ether oxygens (including phenoxy) is 1. The smallest absolute Gasteiger partial charge is 0.325 e. The summed E-state index contributed by atoms with van der Waals surface area (Å²) in [5.74, 6) is -0.126. The molecule has 43 heavy (non-hydrogen) atoms. The number of H-pyrrole nitrogens is 1. The highest BCUT2D eigenvalue weighted by atomic mass is 32.5. The predicted molar refractivity (Wildman–Crippen MR) is 151 cm³/mol. The van der Waals surface area contributed by atoms with Crippen LogP contribution in [0.25, 0.3) is 22.3 Å². The number of alkyl halides is 2. The van der Waals surface area contributed by atoms with Gasteiger partial charge in [-0.05, 0) is 18.2 Å². The number of thioether (sulfide) groups is 1. The standard InChI is InChI=1S/C21H25F2N10O7PS2/c22-9-8(1-2-34)43-20(33-6-29-12-17(33)30-21(25)31-18(12)36)14(9)40-41(37,42)38-3-7-13(35)10(23)19(39-7)32-5-28-11-15(24)26-4-27-16(11)32/h4-10,13-14,19-20,34-35H,1-3H2,(H,37,42)(H2,24,26,27)(H3,25,30,31,36)/t7-,8-,9+,10+,13-,14-,19-,20-,41?/m1/s1. The van der Waals surface area contributed by atoms with E-state index in [1.165, 1.54) is 28.1 Å². The highest BCUT2D eigenvalue weighted by Crippen LogP contribution is 2.55. The minimum Gasteiger partial charge on any atom is -0.396 e. The molecule has 9 atom stereocenters. The van der Waals surface area contributed by atoms with Crippen molar-refractivity contribution in [2.75, 3.05) is 24.7 Å². The van der Waals surface area contributed by atoms with Crippen molar-refractivity contribution in [1.82, 2.24) is 39.0 Å². The maximum absolute atomic E-state index is 15.6. The molecule has 4 aromatic rings. The molecule has 1 unspecified atom stereocenters. The van der Waals surface area contributed by atoms with Crippen molar-refractivity contribution in [3.05, 3.63) is 29.3 Å². The number of imidazole rings is 2. The van der Waals surface area contributed by atoms with Gasteiger partial charge in [-0.25, -0.2) is 28.7 Å². The lowest BCUT2D eigenvalue weighted by Crippen LogP contribution is -2.33. The Morgan fingerprint density at radius 2 is 1.88 bits per heavy atom. The van der Waals surface area contributed by atoms with Crippen LogP contribution in [0.5, 0.6) is 0 Å². The summed E-state index contributed by atoms with van der Waals surface area (Å²) < 4.78 is 50.1. The lowest BCUT2D eigenvalue weighted by molar-refractivity contribution is -0.0460. The zero-order valence-electron chi connectivity index (χ0n) is 21.8. The second-order valence-electron chi connectivity index (χ2n) is 9.71. The Labute approximate surface area is 248 Å². The number of hydrogen-bond donors (Lipinski definition) is 6. The van der Waals surface area contributed by atoms with Crippen LogP contribution in [-0.4, -0.2) is 103 Å². The number of fused-ring (bicyclic) bond motifs is 2. The number of nitrogens with zero attached hydrogens (tertiary/aromatic N) is 7. The quantitative estimate of drug-likeness (QED) is 0.126. The number of anilines is 2. The van der Waals surface area contributed by atoms with Crippen LogP contribution in [0.2, 0.25) is 0 Å². The summed E-state index contributed by atoms with van der Waals surface area (Å²) in [5, 5.41) is 18.2. The van der Waals surface area contributed by atoms with Crippen LogP contribution in [0, 0.1) is 0 Å². The predicted octanol–water partition coefficient (Wildman–Crippen LogP) is -0.327. The second-order valence-corrected chi connectivity index (χ2v) is 13.9. The molecule has 0 amide bonds. The molecule has 0 radical (unpaired) electrons. The Balaban J connectivity index is 1.19. The molecule has 0 aliphatic carbocycles. The van der Waals surface area contributed by atoms with Crippen molar-refractivity contribution in [2.24, 2.45) is 0 Å². The number of hydrogen-bond acceptors (Lipinski definition) is 15. The molecular weight excluding hydrogens is 637 g/mol. The Bertz CT molecular complexity index is 1760.